The Morgan fingerprint density at radius 3 is 2.14 bits per heavy atom. The molecule has 0 unspecified atom stereocenters. The highest BCUT2D eigenvalue weighted by Gasteiger charge is 2.30. The Bertz CT molecular complexity index is 1720. The number of hydrogen-bond donors (Lipinski definition) is 4. The largest absolute Gasteiger partial charge is 0.349 e. The molecule has 1 aliphatic carbocycles. The number of nitrogens with zero attached hydrogens (tertiary/aromatic N) is 3. The number of amides is 2. The van der Waals surface area contributed by atoms with Crippen molar-refractivity contribution < 1.29 is 23.2 Å². The molecule has 2 heterocycles. The smallest absolute Gasteiger partial charge is 0.257 e. The Morgan fingerprint density at radius 1 is 0.860 bits per heavy atom. The van der Waals surface area contributed by atoms with Crippen LogP contribution >= 0.6 is 0 Å². The summed E-state index contributed by atoms with van der Waals surface area (Å²) >= 11 is 0. The van der Waals surface area contributed by atoms with Gasteiger partial charge in [0.1, 0.15) is 23.0 Å². The van der Waals surface area contributed by atoms with Crippen LogP contribution in [0.15, 0.2) is 75.9 Å². The molecule has 12 heteroatoms. The summed E-state index contributed by atoms with van der Waals surface area (Å²) in [5, 5.41) is 16.8. The molecule has 2 amide bonds. The van der Waals surface area contributed by atoms with E-state index in [1.807, 2.05) is 12.1 Å². The summed E-state index contributed by atoms with van der Waals surface area (Å²) in [7, 11) is 0. The second-order valence-electron chi connectivity index (χ2n) is 13.5. The molecule has 3 aliphatic rings. The van der Waals surface area contributed by atoms with Gasteiger partial charge in [-0.05, 0) is 124 Å². The number of nitrogens with one attached hydrogen (secondary N) is 3. The number of Topliss-reactive ketones (excluding diaryl/α,β-unsaturated/α-hetero) is 1. The van der Waals surface area contributed by atoms with Crippen LogP contribution in [0.2, 0.25) is 0 Å². The quantitative estimate of drug-likeness (QED) is 0.190. The number of amidine groups is 1. The maximum absolute atomic E-state index is 15.1. The molecule has 1 atom stereocenters. The zero-order valence-electron chi connectivity index (χ0n) is 28.0. The summed E-state index contributed by atoms with van der Waals surface area (Å²) in [6.45, 7) is 2.40. The van der Waals surface area contributed by atoms with E-state index in [1.54, 1.807) is 36.4 Å². The molecule has 1 saturated heterocycles. The molecule has 2 aliphatic heterocycles. The average Bonchev–Trinajstić information content (AvgIpc) is 3.67. The van der Waals surface area contributed by atoms with Gasteiger partial charge in [-0.2, -0.15) is 5.11 Å². The van der Waals surface area contributed by atoms with Gasteiger partial charge in [0.2, 0.25) is 5.91 Å². The van der Waals surface area contributed by atoms with E-state index in [9.17, 15) is 14.4 Å². The van der Waals surface area contributed by atoms with Gasteiger partial charge in [-0.25, -0.2) is 13.8 Å². The number of hydrogen-bond acceptors (Lipinski definition) is 8. The van der Waals surface area contributed by atoms with E-state index >= 15 is 8.78 Å². The maximum Gasteiger partial charge on any atom is 0.257 e. The maximum atomic E-state index is 15.1. The van der Waals surface area contributed by atoms with E-state index in [4.69, 9.17) is 5.73 Å². The molecule has 0 bridgehead atoms. The first kappa shape index (κ1) is 35.2. The molecule has 0 radical (unpaired) electrons. The third-order valence-electron chi connectivity index (χ3n) is 10.0. The minimum absolute atomic E-state index is 0.0763. The molecule has 10 nitrogen and oxygen atoms in total. The molecule has 0 aromatic heterocycles. The van der Waals surface area contributed by atoms with Crippen molar-refractivity contribution in [1.29, 1.82) is 0 Å². The highest BCUT2D eigenvalue weighted by molar-refractivity contribution is 6.01. The van der Waals surface area contributed by atoms with Crippen LogP contribution in [0.5, 0.6) is 0 Å². The van der Waals surface area contributed by atoms with Gasteiger partial charge in [0, 0.05) is 35.5 Å². The molecule has 1 saturated carbocycles. The fraction of sp³-hybridized carbons (Fsp3) is 0.421. The zero-order valence-corrected chi connectivity index (χ0v) is 28.0. The third kappa shape index (κ3) is 8.72. The Kier molecular flexibility index (Phi) is 11.5. The van der Waals surface area contributed by atoms with Crippen LogP contribution in [0.25, 0.3) is 11.1 Å². The van der Waals surface area contributed by atoms with Crippen molar-refractivity contribution >= 4 is 29.1 Å². The molecule has 5 N–H and O–H groups in total. The standard InChI is InChI=1S/C38H43F2N7O3/c39-32-18-28(19-33(40)35(32)38(50)46-31-13-15-42-16-14-31)25-5-1-23(2-6-25)17-29(20-34(48)26-7-3-24(21-41)4-8-26)37(49)45-30-11-9-27(10-12-30)36-43-22-44-47-36/h1-2,5-6,9-12,18-19,24,26,29,31,42H,3-4,7-8,13-17,20-22,41H2,(H,45,49)(H,46,50)/t24?,26?,29-/m1/s1. The monoisotopic (exact) mass is 683 g/mol. The fourth-order valence-corrected chi connectivity index (χ4v) is 7.01. The molecule has 3 aromatic carbocycles. The van der Waals surface area contributed by atoms with E-state index in [-0.39, 0.29) is 35.6 Å². The lowest BCUT2D eigenvalue weighted by Crippen LogP contribution is -2.43. The number of carbonyl (C=O) groups excluding carboxylic acids is 3. The molecule has 3 aromatic rings. The summed E-state index contributed by atoms with van der Waals surface area (Å²) in [5.74, 6) is -2.57. The van der Waals surface area contributed by atoms with Crippen LogP contribution in [0.4, 0.5) is 14.5 Å². The fourth-order valence-electron chi connectivity index (χ4n) is 7.01. The summed E-state index contributed by atoms with van der Waals surface area (Å²) in [6, 6.07) is 16.4. The van der Waals surface area contributed by atoms with Crippen molar-refractivity contribution in [1.82, 2.24) is 10.6 Å². The van der Waals surface area contributed by atoms with Gasteiger partial charge < -0.3 is 21.7 Å². The topological polar surface area (TPSA) is 150 Å². The van der Waals surface area contributed by atoms with Crippen molar-refractivity contribution in [3.05, 3.63) is 89.0 Å². The predicted octanol–water partition coefficient (Wildman–Crippen LogP) is 5.81. The second kappa shape index (κ2) is 16.4. The first-order valence-electron chi connectivity index (χ1n) is 17.4. The lowest BCUT2D eigenvalue weighted by atomic mass is 9.77. The number of nitrogens with two attached hydrogens (primary N) is 1. The first-order chi connectivity index (χ1) is 24.3. The number of rotatable bonds is 12. The zero-order chi connectivity index (χ0) is 35.0. The van der Waals surface area contributed by atoms with Crippen LogP contribution in [-0.4, -0.2) is 55.8 Å². The Balaban J connectivity index is 1.15. The molecule has 50 heavy (non-hydrogen) atoms. The van der Waals surface area contributed by atoms with Crippen LogP contribution in [-0.2, 0) is 16.0 Å². The van der Waals surface area contributed by atoms with Crippen LogP contribution in [0.3, 0.4) is 0 Å². The van der Waals surface area contributed by atoms with E-state index in [2.05, 4.69) is 31.2 Å². The molecular weight excluding hydrogens is 640 g/mol. The van der Waals surface area contributed by atoms with Gasteiger partial charge in [0.15, 0.2) is 12.5 Å². The van der Waals surface area contributed by atoms with Crippen molar-refractivity contribution in [2.24, 2.45) is 38.7 Å². The van der Waals surface area contributed by atoms with Gasteiger partial charge in [-0.1, -0.05) is 24.3 Å². The average molecular weight is 684 g/mol. The van der Waals surface area contributed by atoms with Crippen molar-refractivity contribution in [2.75, 3.05) is 31.6 Å². The summed E-state index contributed by atoms with van der Waals surface area (Å²) in [5.41, 5.74) is 8.28. The Hall–Kier alpha value is -4.68. The van der Waals surface area contributed by atoms with E-state index in [0.29, 0.717) is 55.5 Å². The molecule has 262 valence electrons. The summed E-state index contributed by atoms with van der Waals surface area (Å²) in [4.78, 5) is 44.1. The van der Waals surface area contributed by atoms with Crippen LogP contribution in [0.1, 0.15) is 66.4 Å². The summed E-state index contributed by atoms with van der Waals surface area (Å²) < 4.78 is 30.3. The van der Waals surface area contributed by atoms with Crippen molar-refractivity contribution in [3.8, 4) is 11.1 Å². The number of azo groups is 1. The minimum atomic E-state index is -0.931. The molecule has 2 fully saturated rings. The Labute approximate surface area is 290 Å². The van der Waals surface area contributed by atoms with Gasteiger partial charge in [0.25, 0.3) is 5.91 Å². The molecule has 0 spiro atoms. The van der Waals surface area contributed by atoms with Gasteiger partial charge in [0.05, 0.1) is 0 Å². The number of carbonyl (C=O) groups is 3. The lowest BCUT2D eigenvalue weighted by Gasteiger charge is -2.27. The number of halogens is 2. The summed E-state index contributed by atoms with van der Waals surface area (Å²) in [6.07, 6.45) is 5.16. The first-order valence-corrected chi connectivity index (χ1v) is 17.4. The lowest BCUT2D eigenvalue weighted by molar-refractivity contribution is -0.129. The second-order valence-corrected chi connectivity index (χ2v) is 13.5. The highest BCUT2D eigenvalue weighted by atomic mass is 19.1. The number of ketones is 1. The minimum Gasteiger partial charge on any atom is -0.349 e. The van der Waals surface area contributed by atoms with E-state index in [0.717, 1.165) is 62.0 Å². The number of anilines is 1. The van der Waals surface area contributed by atoms with Crippen molar-refractivity contribution in [2.45, 2.75) is 57.4 Å². The normalized spacial score (nSPS) is 19.9. The van der Waals surface area contributed by atoms with Crippen LogP contribution in [0, 0.1) is 29.4 Å². The third-order valence-corrected chi connectivity index (χ3v) is 10.0. The number of piperidine rings is 1. The molecular formula is C38H43F2N7O3. The van der Waals surface area contributed by atoms with Gasteiger partial charge in [-0.3, -0.25) is 14.4 Å². The highest BCUT2D eigenvalue weighted by Crippen LogP contribution is 2.32. The van der Waals surface area contributed by atoms with Gasteiger partial charge in [-0.15, -0.1) is 5.11 Å². The van der Waals surface area contributed by atoms with E-state index in [1.165, 1.54) is 0 Å². The number of benzene rings is 3. The number of aliphatic imine (C=N–C) groups is 1. The predicted molar refractivity (Wildman–Crippen MR) is 188 cm³/mol. The molecule has 6 rings (SSSR count). The van der Waals surface area contributed by atoms with Gasteiger partial charge >= 0.3 is 0 Å². The Morgan fingerprint density at radius 2 is 1.52 bits per heavy atom. The van der Waals surface area contributed by atoms with E-state index < -0.39 is 29.0 Å². The van der Waals surface area contributed by atoms with Crippen molar-refractivity contribution in [3.63, 3.8) is 0 Å². The van der Waals surface area contributed by atoms with Crippen LogP contribution < -0.4 is 21.7 Å². The SMILES string of the molecule is NCC1CCC(C(=O)C[C@@H](Cc2ccc(-c3cc(F)c(C(=O)NC4CCNCC4)c(F)c3)cc2)C(=O)Nc2ccc(C3=NCN=N3)cc2)CC1.